The van der Waals surface area contributed by atoms with Gasteiger partial charge in [0, 0.05) is 29.6 Å². The van der Waals surface area contributed by atoms with Crippen LogP contribution >= 0.6 is 0 Å². The van der Waals surface area contributed by atoms with E-state index in [0.29, 0.717) is 12.1 Å². The Balaban J connectivity index is 1.57. The average molecular weight is 420 g/mol. The fraction of sp³-hybridized carbons (Fsp3) is 0.360. The maximum atomic E-state index is 13.1. The van der Waals surface area contributed by atoms with Gasteiger partial charge in [0.25, 0.3) is 5.56 Å². The second-order valence-corrected chi connectivity index (χ2v) is 8.32. The summed E-state index contributed by atoms with van der Waals surface area (Å²) in [6, 6.07) is 17.3. The third-order valence-electron chi connectivity index (χ3n) is 6.11. The number of aromatic nitrogens is 1. The zero-order chi connectivity index (χ0) is 21.6. The summed E-state index contributed by atoms with van der Waals surface area (Å²) < 4.78 is 0. The van der Waals surface area contributed by atoms with Crippen molar-refractivity contribution in [1.82, 2.24) is 9.88 Å². The molecule has 6 nitrogen and oxygen atoms in total. The molecule has 1 saturated heterocycles. The summed E-state index contributed by atoms with van der Waals surface area (Å²) >= 11 is 0. The minimum absolute atomic E-state index is 0.136. The topological polar surface area (TPSA) is 69.6 Å². The molecule has 4 rings (SSSR count). The SMILES string of the molecule is CCc1ccc2[nH]c(=O)c(CN(CC[NH+]3CCCC3)C(=O)Nc3ccccc3)cc2c1. The molecule has 31 heavy (non-hydrogen) atoms. The predicted molar refractivity (Wildman–Crippen MR) is 125 cm³/mol. The van der Waals surface area contributed by atoms with Gasteiger partial charge >= 0.3 is 6.03 Å². The Morgan fingerprint density at radius 2 is 1.87 bits per heavy atom. The van der Waals surface area contributed by atoms with Crippen LogP contribution in [-0.4, -0.2) is 42.1 Å². The van der Waals surface area contributed by atoms with Crippen molar-refractivity contribution in [3.8, 4) is 0 Å². The van der Waals surface area contributed by atoms with Crippen LogP contribution in [-0.2, 0) is 13.0 Å². The maximum Gasteiger partial charge on any atom is 0.322 e. The van der Waals surface area contributed by atoms with E-state index in [1.54, 1.807) is 4.90 Å². The first-order valence-electron chi connectivity index (χ1n) is 11.2. The van der Waals surface area contributed by atoms with Crippen molar-refractivity contribution in [1.29, 1.82) is 0 Å². The number of carbonyl (C=O) groups is 1. The number of hydrogen-bond acceptors (Lipinski definition) is 2. The summed E-state index contributed by atoms with van der Waals surface area (Å²) in [5, 5.41) is 3.98. The van der Waals surface area contributed by atoms with Gasteiger partial charge in [0.05, 0.1) is 32.7 Å². The van der Waals surface area contributed by atoms with E-state index in [2.05, 4.69) is 23.3 Å². The van der Waals surface area contributed by atoms with Crippen LogP contribution in [0.5, 0.6) is 0 Å². The zero-order valence-electron chi connectivity index (χ0n) is 18.1. The van der Waals surface area contributed by atoms with Gasteiger partial charge in [-0.25, -0.2) is 4.79 Å². The molecule has 0 unspecified atom stereocenters. The van der Waals surface area contributed by atoms with Crippen molar-refractivity contribution < 1.29 is 9.69 Å². The second-order valence-electron chi connectivity index (χ2n) is 8.32. The van der Waals surface area contributed by atoms with E-state index in [-0.39, 0.29) is 18.1 Å². The van der Waals surface area contributed by atoms with Gasteiger partial charge in [0.2, 0.25) is 0 Å². The lowest BCUT2D eigenvalue weighted by molar-refractivity contribution is -0.886. The number of fused-ring (bicyclic) bond motifs is 1. The standard InChI is InChI=1S/C25H30N4O2/c1-2-19-10-11-23-20(16-19)17-21(24(30)27-23)18-29(15-14-28-12-6-7-13-28)25(31)26-22-8-4-3-5-9-22/h3-5,8-11,16-17H,2,6-7,12-15,18H2,1H3,(H,26,31)(H,27,30)/p+1. The van der Waals surface area contributed by atoms with E-state index in [9.17, 15) is 9.59 Å². The molecule has 0 saturated carbocycles. The molecule has 6 heteroatoms. The number of H-pyrrole nitrogens is 1. The highest BCUT2D eigenvalue weighted by molar-refractivity contribution is 5.89. The summed E-state index contributed by atoms with van der Waals surface area (Å²) in [4.78, 5) is 32.1. The number of aromatic amines is 1. The molecular weight excluding hydrogens is 388 g/mol. The number of carbonyl (C=O) groups excluding carboxylic acids is 1. The van der Waals surface area contributed by atoms with E-state index in [4.69, 9.17) is 0 Å². The predicted octanol–water partition coefficient (Wildman–Crippen LogP) is 2.80. The maximum absolute atomic E-state index is 13.1. The molecule has 0 atom stereocenters. The van der Waals surface area contributed by atoms with Crippen molar-refractivity contribution in [2.75, 3.05) is 31.5 Å². The van der Waals surface area contributed by atoms with Crippen molar-refractivity contribution in [3.63, 3.8) is 0 Å². The molecule has 2 aromatic carbocycles. The first-order chi connectivity index (χ1) is 15.1. The number of anilines is 1. The summed E-state index contributed by atoms with van der Waals surface area (Å²) in [7, 11) is 0. The van der Waals surface area contributed by atoms with Crippen LogP contribution in [0.25, 0.3) is 10.9 Å². The van der Waals surface area contributed by atoms with Gasteiger partial charge < -0.3 is 20.1 Å². The quantitative estimate of drug-likeness (QED) is 0.551. The summed E-state index contributed by atoms with van der Waals surface area (Å²) in [5.41, 5.74) is 3.28. The molecule has 0 radical (unpaired) electrons. The van der Waals surface area contributed by atoms with Crippen LogP contribution in [0.2, 0.25) is 0 Å². The van der Waals surface area contributed by atoms with E-state index in [0.717, 1.165) is 42.6 Å². The molecule has 3 N–H and O–H groups in total. The smallest absolute Gasteiger partial charge is 0.322 e. The number of pyridine rings is 1. The third-order valence-corrected chi connectivity index (χ3v) is 6.11. The number of nitrogens with zero attached hydrogens (tertiary/aromatic N) is 1. The van der Waals surface area contributed by atoms with Crippen molar-refractivity contribution >= 4 is 22.6 Å². The number of amides is 2. The first kappa shape index (κ1) is 21.1. The van der Waals surface area contributed by atoms with Crippen LogP contribution in [0.1, 0.15) is 30.9 Å². The lowest BCUT2D eigenvalue weighted by Crippen LogP contribution is -3.10. The van der Waals surface area contributed by atoms with Crippen LogP contribution in [0.4, 0.5) is 10.5 Å². The number of aryl methyl sites for hydroxylation is 1. The van der Waals surface area contributed by atoms with Gasteiger partial charge in [-0.05, 0) is 47.7 Å². The minimum Gasteiger partial charge on any atom is -0.333 e. The van der Waals surface area contributed by atoms with Crippen molar-refractivity contribution in [2.45, 2.75) is 32.7 Å². The highest BCUT2D eigenvalue weighted by Gasteiger charge is 2.21. The Bertz CT molecular complexity index is 1090. The third kappa shape index (κ3) is 5.33. The van der Waals surface area contributed by atoms with E-state index in [1.807, 2.05) is 48.5 Å². The number of hydrogen-bond donors (Lipinski definition) is 3. The lowest BCUT2D eigenvalue weighted by atomic mass is 10.1. The molecule has 1 aromatic heterocycles. The number of nitrogens with one attached hydrogen (secondary N) is 3. The Morgan fingerprint density at radius 1 is 1.10 bits per heavy atom. The molecule has 1 aliphatic rings. The summed E-state index contributed by atoms with van der Waals surface area (Å²) in [6.07, 6.45) is 3.43. The Hall–Kier alpha value is -3.12. The van der Waals surface area contributed by atoms with Gasteiger partial charge in [0.15, 0.2) is 0 Å². The van der Waals surface area contributed by atoms with E-state index in [1.165, 1.54) is 23.3 Å². The minimum atomic E-state index is -0.174. The molecule has 0 spiro atoms. The number of rotatable bonds is 7. The highest BCUT2D eigenvalue weighted by Crippen LogP contribution is 2.16. The number of urea groups is 1. The normalized spacial score (nSPS) is 14.1. The van der Waals surface area contributed by atoms with Crippen LogP contribution < -0.4 is 15.8 Å². The fourth-order valence-electron chi connectivity index (χ4n) is 4.24. The summed E-state index contributed by atoms with van der Waals surface area (Å²) in [6.45, 7) is 6.22. The molecule has 3 aromatic rings. The van der Waals surface area contributed by atoms with Gasteiger partial charge in [-0.15, -0.1) is 0 Å². The molecule has 162 valence electrons. The van der Waals surface area contributed by atoms with E-state index >= 15 is 0 Å². The van der Waals surface area contributed by atoms with Gasteiger partial charge in [0.1, 0.15) is 0 Å². The highest BCUT2D eigenvalue weighted by atomic mass is 16.2. The molecule has 2 amide bonds. The Labute approximate surface area is 182 Å². The Kier molecular flexibility index (Phi) is 6.67. The molecule has 1 aliphatic heterocycles. The second kappa shape index (κ2) is 9.79. The number of quaternary nitrogens is 1. The molecule has 1 fully saturated rings. The largest absolute Gasteiger partial charge is 0.333 e. The molecule has 0 aliphatic carbocycles. The average Bonchev–Trinajstić information content (AvgIpc) is 3.31. The first-order valence-corrected chi connectivity index (χ1v) is 11.2. The van der Waals surface area contributed by atoms with Gasteiger partial charge in [-0.3, -0.25) is 4.79 Å². The monoisotopic (exact) mass is 419 g/mol. The summed E-state index contributed by atoms with van der Waals surface area (Å²) in [5.74, 6) is 0. The van der Waals surface area contributed by atoms with Crippen molar-refractivity contribution in [2.24, 2.45) is 0 Å². The van der Waals surface area contributed by atoms with Crippen LogP contribution in [0, 0.1) is 0 Å². The van der Waals surface area contributed by atoms with Crippen molar-refractivity contribution in [3.05, 3.63) is 76.1 Å². The Morgan fingerprint density at radius 3 is 2.61 bits per heavy atom. The molecule has 0 bridgehead atoms. The fourth-order valence-corrected chi connectivity index (χ4v) is 4.24. The zero-order valence-corrected chi connectivity index (χ0v) is 18.1. The van der Waals surface area contributed by atoms with Gasteiger partial charge in [-0.2, -0.15) is 0 Å². The molecular formula is C25H31N4O2+. The molecule has 2 heterocycles. The van der Waals surface area contributed by atoms with Crippen LogP contribution in [0.3, 0.4) is 0 Å². The number of benzene rings is 2. The van der Waals surface area contributed by atoms with Gasteiger partial charge in [-0.1, -0.05) is 31.2 Å². The van der Waals surface area contributed by atoms with Crippen LogP contribution in [0.15, 0.2) is 59.4 Å². The number of para-hydroxylation sites is 1. The van der Waals surface area contributed by atoms with E-state index < -0.39 is 0 Å². The lowest BCUT2D eigenvalue weighted by Gasteiger charge is -2.24. The number of likely N-dealkylation sites (tertiary alicyclic amines) is 1.